The van der Waals surface area contributed by atoms with Crippen molar-refractivity contribution in [3.05, 3.63) is 77.9 Å². The molecule has 122 valence electrons. The highest BCUT2D eigenvalue weighted by Gasteiger charge is 2.21. The molecule has 0 aliphatic carbocycles. The molecule has 0 spiro atoms. The van der Waals surface area contributed by atoms with Gasteiger partial charge < -0.3 is 10.1 Å². The number of nitrogens with zero attached hydrogens (tertiary/aromatic N) is 2. The Morgan fingerprint density at radius 1 is 1.17 bits per heavy atom. The molecule has 6 nitrogen and oxygen atoms in total. The Labute approximate surface area is 139 Å². The van der Waals surface area contributed by atoms with E-state index in [0.717, 1.165) is 17.0 Å². The number of carbonyl (C=O) groups is 1. The summed E-state index contributed by atoms with van der Waals surface area (Å²) in [5.41, 5.74) is 2.36. The predicted octanol–water partition coefficient (Wildman–Crippen LogP) is 2.26. The van der Waals surface area contributed by atoms with Crippen LogP contribution in [0, 0.1) is 0 Å². The van der Waals surface area contributed by atoms with Crippen molar-refractivity contribution in [1.82, 2.24) is 20.5 Å². The van der Waals surface area contributed by atoms with Gasteiger partial charge in [0.1, 0.15) is 5.75 Å². The molecule has 6 heteroatoms. The standard InChI is InChI=1S/C18H18N4O2/c1-24-16-8-3-2-6-14(16)18(15-7-4-5-10-19-15)21-17(23)12-13-9-11-20-22-13/h2-11,18H,12H2,1H3,(H,20,22)(H,21,23). The molecule has 0 fully saturated rings. The fourth-order valence-corrected chi connectivity index (χ4v) is 2.53. The van der Waals surface area contributed by atoms with Crippen LogP contribution in [0.5, 0.6) is 5.75 Å². The highest BCUT2D eigenvalue weighted by molar-refractivity contribution is 5.79. The molecule has 0 aliphatic heterocycles. The number of methoxy groups -OCH3 is 1. The first-order valence-electron chi connectivity index (χ1n) is 7.59. The van der Waals surface area contributed by atoms with E-state index in [1.54, 1.807) is 25.6 Å². The molecule has 0 aliphatic rings. The molecule has 0 bridgehead atoms. The fraction of sp³-hybridized carbons (Fsp3) is 0.167. The van der Waals surface area contributed by atoms with Gasteiger partial charge in [-0.05, 0) is 24.3 Å². The van der Waals surface area contributed by atoms with E-state index in [0.29, 0.717) is 5.75 Å². The first-order chi connectivity index (χ1) is 11.8. The van der Waals surface area contributed by atoms with Crippen LogP contribution in [0.15, 0.2) is 60.9 Å². The quantitative estimate of drug-likeness (QED) is 0.729. The number of carbonyl (C=O) groups excluding carboxylic acids is 1. The highest BCUT2D eigenvalue weighted by Crippen LogP contribution is 2.28. The molecule has 0 saturated heterocycles. The summed E-state index contributed by atoms with van der Waals surface area (Å²) in [5.74, 6) is 0.579. The molecule has 0 saturated carbocycles. The molecule has 1 aromatic carbocycles. The monoisotopic (exact) mass is 322 g/mol. The van der Waals surface area contributed by atoms with Gasteiger partial charge in [0.15, 0.2) is 0 Å². The Bertz CT molecular complexity index is 788. The van der Waals surface area contributed by atoms with Crippen molar-refractivity contribution in [1.29, 1.82) is 0 Å². The van der Waals surface area contributed by atoms with Crippen molar-refractivity contribution in [2.24, 2.45) is 0 Å². The number of nitrogens with one attached hydrogen (secondary N) is 2. The van der Waals surface area contributed by atoms with E-state index >= 15 is 0 Å². The molecule has 24 heavy (non-hydrogen) atoms. The average Bonchev–Trinajstić information content (AvgIpc) is 3.13. The number of H-pyrrole nitrogens is 1. The first-order valence-corrected chi connectivity index (χ1v) is 7.59. The second kappa shape index (κ2) is 7.41. The Kier molecular flexibility index (Phi) is 4.86. The number of hydrogen-bond acceptors (Lipinski definition) is 4. The molecule has 2 heterocycles. The maximum Gasteiger partial charge on any atom is 0.226 e. The maximum atomic E-state index is 12.4. The number of benzene rings is 1. The van der Waals surface area contributed by atoms with Gasteiger partial charge in [0.2, 0.25) is 5.91 Å². The van der Waals surface area contributed by atoms with E-state index in [4.69, 9.17) is 4.74 Å². The number of ether oxygens (including phenoxy) is 1. The number of amides is 1. The fourth-order valence-electron chi connectivity index (χ4n) is 2.53. The molecular weight excluding hydrogens is 304 g/mol. The molecular formula is C18H18N4O2. The molecule has 2 aromatic heterocycles. The maximum absolute atomic E-state index is 12.4. The summed E-state index contributed by atoms with van der Waals surface area (Å²) in [7, 11) is 1.61. The number of hydrogen-bond donors (Lipinski definition) is 2. The van der Waals surface area contributed by atoms with Gasteiger partial charge in [-0.1, -0.05) is 24.3 Å². The van der Waals surface area contributed by atoms with Gasteiger partial charge >= 0.3 is 0 Å². The van der Waals surface area contributed by atoms with Crippen molar-refractivity contribution in [2.45, 2.75) is 12.5 Å². The number of pyridine rings is 1. The third kappa shape index (κ3) is 3.60. The van der Waals surface area contributed by atoms with Gasteiger partial charge in [0.05, 0.1) is 25.3 Å². The number of aromatic nitrogens is 3. The lowest BCUT2D eigenvalue weighted by molar-refractivity contribution is -0.121. The minimum Gasteiger partial charge on any atom is -0.496 e. The van der Waals surface area contributed by atoms with Crippen LogP contribution in [0.1, 0.15) is 23.0 Å². The van der Waals surface area contributed by atoms with Crippen molar-refractivity contribution in [3.63, 3.8) is 0 Å². The zero-order valence-electron chi connectivity index (χ0n) is 13.3. The van der Waals surface area contributed by atoms with E-state index in [9.17, 15) is 4.79 Å². The molecule has 2 N–H and O–H groups in total. The zero-order chi connectivity index (χ0) is 16.8. The van der Waals surface area contributed by atoms with Crippen molar-refractivity contribution in [2.75, 3.05) is 7.11 Å². The minimum absolute atomic E-state index is 0.124. The summed E-state index contributed by atoms with van der Waals surface area (Å²) >= 11 is 0. The molecule has 1 atom stereocenters. The number of rotatable bonds is 6. The lowest BCUT2D eigenvalue weighted by Gasteiger charge is -2.21. The molecule has 1 unspecified atom stereocenters. The van der Waals surface area contributed by atoms with E-state index in [2.05, 4.69) is 20.5 Å². The molecule has 0 radical (unpaired) electrons. The van der Waals surface area contributed by atoms with Crippen LogP contribution in [0.2, 0.25) is 0 Å². The predicted molar refractivity (Wildman–Crippen MR) is 89.5 cm³/mol. The van der Waals surface area contributed by atoms with E-state index in [-0.39, 0.29) is 12.3 Å². The van der Waals surface area contributed by atoms with Crippen molar-refractivity contribution >= 4 is 5.91 Å². The Morgan fingerprint density at radius 2 is 2.00 bits per heavy atom. The summed E-state index contributed by atoms with van der Waals surface area (Å²) in [6.45, 7) is 0. The lowest BCUT2D eigenvalue weighted by Crippen LogP contribution is -2.31. The van der Waals surface area contributed by atoms with E-state index in [1.807, 2.05) is 42.5 Å². The van der Waals surface area contributed by atoms with Crippen LogP contribution >= 0.6 is 0 Å². The SMILES string of the molecule is COc1ccccc1C(NC(=O)Cc1ccn[nH]1)c1ccccn1. The number of aromatic amines is 1. The Balaban J connectivity index is 1.89. The van der Waals surface area contributed by atoms with Crippen LogP contribution < -0.4 is 10.1 Å². The van der Waals surface area contributed by atoms with Gasteiger partial charge in [-0.3, -0.25) is 14.9 Å². The van der Waals surface area contributed by atoms with Gasteiger partial charge in [-0.2, -0.15) is 5.10 Å². The van der Waals surface area contributed by atoms with Crippen LogP contribution in [0.3, 0.4) is 0 Å². The largest absolute Gasteiger partial charge is 0.496 e. The van der Waals surface area contributed by atoms with Crippen LogP contribution in [-0.4, -0.2) is 28.2 Å². The molecule has 3 rings (SSSR count). The van der Waals surface area contributed by atoms with Crippen molar-refractivity contribution < 1.29 is 9.53 Å². The second-order valence-electron chi connectivity index (χ2n) is 5.26. The third-order valence-electron chi connectivity index (χ3n) is 3.65. The Morgan fingerprint density at radius 3 is 2.71 bits per heavy atom. The molecule has 3 aromatic rings. The third-order valence-corrected chi connectivity index (χ3v) is 3.65. The van der Waals surface area contributed by atoms with E-state index < -0.39 is 6.04 Å². The van der Waals surface area contributed by atoms with Crippen LogP contribution in [-0.2, 0) is 11.2 Å². The summed E-state index contributed by atoms with van der Waals surface area (Å²) < 4.78 is 5.44. The van der Waals surface area contributed by atoms with Gasteiger partial charge in [-0.25, -0.2) is 0 Å². The summed E-state index contributed by atoms with van der Waals surface area (Å²) in [5, 5.41) is 9.69. The normalized spacial score (nSPS) is 11.7. The number of para-hydroxylation sites is 1. The Hall–Kier alpha value is -3.15. The first kappa shape index (κ1) is 15.7. The summed E-state index contributed by atoms with van der Waals surface area (Å²) in [6, 6.07) is 14.6. The van der Waals surface area contributed by atoms with Crippen LogP contribution in [0.4, 0.5) is 0 Å². The average molecular weight is 322 g/mol. The van der Waals surface area contributed by atoms with Gasteiger partial charge in [0, 0.05) is 23.7 Å². The van der Waals surface area contributed by atoms with E-state index in [1.165, 1.54) is 0 Å². The highest BCUT2D eigenvalue weighted by atomic mass is 16.5. The topological polar surface area (TPSA) is 79.9 Å². The van der Waals surface area contributed by atoms with Crippen LogP contribution in [0.25, 0.3) is 0 Å². The smallest absolute Gasteiger partial charge is 0.226 e. The molecule has 1 amide bonds. The second-order valence-corrected chi connectivity index (χ2v) is 5.26. The van der Waals surface area contributed by atoms with Gasteiger partial charge in [-0.15, -0.1) is 0 Å². The zero-order valence-corrected chi connectivity index (χ0v) is 13.3. The summed E-state index contributed by atoms with van der Waals surface area (Å²) in [4.78, 5) is 16.8. The lowest BCUT2D eigenvalue weighted by atomic mass is 10.0. The van der Waals surface area contributed by atoms with Gasteiger partial charge in [0.25, 0.3) is 0 Å². The summed E-state index contributed by atoms with van der Waals surface area (Å²) in [6.07, 6.45) is 3.55. The minimum atomic E-state index is -0.391. The van der Waals surface area contributed by atoms with Crippen molar-refractivity contribution in [3.8, 4) is 5.75 Å².